The number of hydrogen-bond acceptors (Lipinski definition) is 4. The Kier molecular flexibility index (Phi) is 4.77. The van der Waals surface area contributed by atoms with Crippen molar-refractivity contribution in [1.82, 2.24) is 14.5 Å². The Labute approximate surface area is 165 Å². The van der Waals surface area contributed by atoms with Crippen LogP contribution in [-0.4, -0.2) is 33.6 Å². The number of carbonyl (C=O) groups excluding carboxylic acids is 1. The van der Waals surface area contributed by atoms with E-state index in [-0.39, 0.29) is 5.78 Å². The number of aryl methyl sites for hydroxylation is 1. The highest BCUT2D eigenvalue weighted by atomic mass is 19.4. The van der Waals surface area contributed by atoms with E-state index in [2.05, 4.69) is 15.0 Å². The summed E-state index contributed by atoms with van der Waals surface area (Å²) < 4.78 is 41.4. The first-order valence-corrected chi connectivity index (χ1v) is 9.07. The first kappa shape index (κ1) is 19.0. The van der Waals surface area contributed by atoms with Crippen molar-refractivity contribution in [3.05, 3.63) is 65.2 Å². The standard InChI is InChI=1S/C21H17F3N4O/c1-25-10-13-7-14(9-15(8-13)21(22,23)24)18-11-28(12-26-18)20-6-5-16-17(27-20)3-2-4-19(16)29/h5-12H,2-4H2,1H3. The van der Waals surface area contributed by atoms with E-state index in [0.717, 1.165) is 30.7 Å². The molecule has 0 spiro atoms. The molecule has 0 saturated carbocycles. The second kappa shape index (κ2) is 7.27. The average molecular weight is 398 g/mol. The molecule has 0 bridgehead atoms. The van der Waals surface area contributed by atoms with Crippen molar-refractivity contribution >= 4 is 12.0 Å². The van der Waals surface area contributed by atoms with Crippen LogP contribution in [-0.2, 0) is 12.6 Å². The Morgan fingerprint density at radius 2 is 2.00 bits per heavy atom. The van der Waals surface area contributed by atoms with Crippen molar-refractivity contribution in [3.63, 3.8) is 0 Å². The number of rotatable bonds is 3. The van der Waals surface area contributed by atoms with Gasteiger partial charge in [0.05, 0.1) is 17.0 Å². The minimum absolute atomic E-state index is 0.0886. The molecule has 8 heteroatoms. The molecule has 0 amide bonds. The van der Waals surface area contributed by atoms with E-state index in [1.54, 1.807) is 29.0 Å². The summed E-state index contributed by atoms with van der Waals surface area (Å²) in [5, 5.41) is 0. The smallest absolute Gasteiger partial charge is 0.296 e. The van der Waals surface area contributed by atoms with Gasteiger partial charge in [-0.05, 0) is 48.7 Å². The summed E-state index contributed by atoms with van der Waals surface area (Å²) in [4.78, 5) is 24.6. The van der Waals surface area contributed by atoms with E-state index >= 15 is 0 Å². The van der Waals surface area contributed by atoms with Crippen molar-refractivity contribution in [2.75, 3.05) is 7.05 Å². The number of pyridine rings is 1. The SMILES string of the molecule is CN=Cc1cc(-c2cn(-c3ccc4c(n3)CCCC4=O)cn2)cc(C(F)(F)F)c1. The Morgan fingerprint density at radius 3 is 2.76 bits per heavy atom. The van der Waals surface area contributed by atoms with Crippen LogP contribution < -0.4 is 0 Å². The van der Waals surface area contributed by atoms with Gasteiger partial charge in [0.1, 0.15) is 12.1 Å². The average Bonchev–Trinajstić information content (AvgIpc) is 3.18. The number of carbonyl (C=O) groups is 1. The number of hydrogen-bond donors (Lipinski definition) is 0. The predicted molar refractivity (Wildman–Crippen MR) is 103 cm³/mol. The van der Waals surface area contributed by atoms with Crippen LogP contribution in [0.1, 0.15) is 40.0 Å². The topological polar surface area (TPSA) is 60.1 Å². The van der Waals surface area contributed by atoms with Crippen molar-refractivity contribution in [3.8, 4) is 17.1 Å². The molecule has 2 heterocycles. The number of aromatic nitrogens is 3. The highest BCUT2D eigenvalue weighted by Gasteiger charge is 2.31. The monoisotopic (exact) mass is 398 g/mol. The van der Waals surface area contributed by atoms with Crippen LogP contribution in [0.5, 0.6) is 0 Å². The quantitative estimate of drug-likeness (QED) is 0.610. The molecular formula is C21H17F3N4O. The first-order valence-electron chi connectivity index (χ1n) is 9.07. The van der Waals surface area contributed by atoms with Gasteiger partial charge < -0.3 is 0 Å². The molecule has 1 aliphatic rings. The van der Waals surface area contributed by atoms with E-state index in [9.17, 15) is 18.0 Å². The number of aliphatic imine (C=N–C) groups is 1. The fourth-order valence-electron chi connectivity index (χ4n) is 3.41. The fraction of sp³-hybridized carbons (Fsp3) is 0.238. The zero-order valence-electron chi connectivity index (χ0n) is 15.6. The van der Waals surface area contributed by atoms with Gasteiger partial charge in [-0.25, -0.2) is 9.97 Å². The number of alkyl halides is 3. The van der Waals surface area contributed by atoms with Crippen molar-refractivity contribution in [2.24, 2.45) is 4.99 Å². The zero-order chi connectivity index (χ0) is 20.6. The normalized spacial score (nSPS) is 14.4. The van der Waals surface area contributed by atoms with Crippen molar-refractivity contribution < 1.29 is 18.0 Å². The second-order valence-electron chi connectivity index (χ2n) is 6.84. The third-order valence-electron chi connectivity index (χ3n) is 4.78. The molecule has 148 valence electrons. The highest BCUT2D eigenvalue weighted by Crippen LogP contribution is 2.33. The number of benzene rings is 1. The summed E-state index contributed by atoms with van der Waals surface area (Å²) in [5.74, 6) is 0.658. The molecule has 5 nitrogen and oxygen atoms in total. The van der Waals surface area contributed by atoms with E-state index in [1.807, 2.05) is 0 Å². The van der Waals surface area contributed by atoms with Crippen molar-refractivity contribution in [1.29, 1.82) is 0 Å². The summed E-state index contributed by atoms with van der Waals surface area (Å²) in [6, 6.07) is 7.19. The van der Waals surface area contributed by atoms with Gasteiger partial charge in [-0.15, -0.1) is 0 Å². The maximum Gasteiger partial charge on any atom is 0.416 e. The van der Waals surface area contributed by atoms with Crippen LogP contribution in [0.2, 0.25) is 0 Å². The molecular weight excluding hydrogens is 381 g/mol. The second-order valence-corrected chi connectivity index (χ2v) is 6.84. The van der Waals surface area contributed by atoms with Crippen LogP contribution in [0.3, 0.4) is 0 Å². The molecule has 0 fully saturated rings. The van der Waals surface area contributed by atoms with Crippen molar-refractivity contribution in [2.45, 2.75) is 25.4 Å². The number of halogens is 3. The summed E-state index contributed by atoms with van der Waals surface area (Å²) >= 11 is 0. The van der Waals surface area contributed by atoms with Gasteiger partial charge in [0, 0.05) is 37.0 Å². The fourth-order valence-corrected chi connectivity index (χ4v) is 3.41. The van der Waals surface area contributed by atoms with Crippen LogP contribution in [0.4, 0.5) is 13.2 Å². The summed E-state index contributed by atoms with van der Waals surface area (Å²) in [6.07, 6.45) is 2.05. The van der Waals surface area contributed by atoms with E-state index in [0.29, 0.717) is 34.6 Å². The zero-order valence-corrected chi connectivity index (χ0v) is 15.6. The van der Waals surface area contributed by atoms with Gasteiger partial charge in [0.25, 0.3) is 0 Å². The number of imidazole rings is 1. The van der Waals surface area contributed by atoms with Gasteiger partial charge in [-0.2, -0.15) is 13.2 Å². The van der Waals surface area contributed by atoms with Gasteiger partial charge in [-0.1, -0.05) is 0 Å². The molecule has 0 atom stereocenters. The molecule has 29 heavy (non-hydrogen) atoms. The van der Waals surface area contributed by atoms with Gasteiger partial charge >= 0.3 is 6.18 Å². The molecule has 0 radical (unpaired) electrons. The van der Waals surface area contributed by atoms with Crippen LogP contribution >= 0.6 is 0 Å². The van der Waals surface area contributed by atoms with E-state index in [4.69, 9.17) is 0 Å². The van der Waals surface area contributed by atoms with Crippen LogP contribution in [0, 0.1) is 0 Å². The molecule has 1 aromatic carbocycles. The van der Waals surface area contributed by atoms with Gasteiger partial charge in [0.15, 0.2) is 5.78 Å². The molecule has 0 saturated heterocycles. The maximum atomic E-state index is 13.3. The van der Waals surface area contributed by atoms with Crippen LogP contribution in [0.15, 0.2) is 47.8 Å². The minimum atomic E-state index is -4.47. The number of fused-ring (bicyclic) bond motifs is 1. The molecule has 2 aromatic heterocycles. The van der Waals surface area contributed by atoms with Gasteiger partial charge in [0.2, 0.25) is 0 Å². The lowest BCUT2D eigenvalue weighted by molar-refractivity contribution is -0.137. The third-order valence-corrected chi connectivity index (χ3v) is 4.78. The molecule has 1 aliphatic carbocycles. The predicted octanol–water partition coefficient (Wildman–Crippen LogP) is 4.52. The minimum Gasteiger partial charge on any atom is -0.296 e. The Hall–Kier alpha value is -3.29. The Balaban J connectivity index is 1.73. The van der Waals surface area contributed by atoms with E-state index < -0.39 is 11.7 Å². The third kappa shape index (κ3) is 3.83. The number of nitrogens with zero attached hydrogens (tertiary/aromatic N) is 4. The number of Topliss-reactive ketones (excluding diaryl/α,β-unsaturated/α-hetero) is 1. The largest absolute Gasteiger partial charge is 0.416 e. The molecule has 3 aromatic rings. The lowest BCUT2D eigenvalue weighted by Gasteiger charge is -2.14. The summed E-state index contributed by atoms with van der Waals surface area (Å²) in [7, 11) is 1.50. The molecule has 0 N–H and O–H groups in total. The maximum absolute atomic E-state index is 13.3. The molecule has 0 aliphatic heterocycles. The van der Waals surface area contributed by atoms with Gasteiger partial charge in [-0.3, -0.25) is 14.4 Å². The lowest BCUT2D eigenvalue weighted by Crippen LogP contribution is -2.13. The molecule has 4 rings (SSSR count). The number of ketones is 1. The first-order chi connectivity index (χ1) is 13.8. The Bertz CT molecular complexity index is 1120. The summed E-state index contributed by atoms with van der Waals surface area (Å²) in [6.45, 7) is 0. The Morgan fingerprint density at radius 1 is 1.17 bits per heavy atom. The highest BCUT2D eigenvalue weighted by molar-refractivity contribution is 5.98. The lowest BCUT2D eigenvalue weighted by atomic mass is 9.95. The van der Waals surface area contributed by atoms with E-state index in [1.165, 1.54) is 19.6 Å². The van der Waals surface area contributed by atoms with Crippen LogP contribution in [0.25, 0.3) is 17.1 Å². The summed E-state index contributed by atoms with van der Waals surface area (Å²) in [5.41, 5.74) is 1.69. The molecule has 0 unspecified atom stereocenters.